The van der Waals surface area contributed by atoms with Crippen LogP contribution in [0.4, 0.5) is 4.79 Å². The summed E-state index contributed by atoms with van der Waals surface area (Å²) in [5, 5.41) is 11.8. The maximum absolute atomic E-state index is 12.4. The zero-order valence-electron chi connectivity index (χ0n) is 11.1. The van der Waals surface area contributed by atoms with E-state index in [4.69, 9.17) is 5.73 Å². The molecule has 1 aliphatic heterocycles. The number of likely N-dealkylation sites (tertiary alicyclic amines) is 1. The molecule has 104 valence electrons. The fourth-order valence-electron chi connectivity index (χ4n) is 2.33. The van der Waals surface area contributed by atoms with E-state index in [0.717, 1.165) is 19.3 Å². The lowest BCUT2D eigenvalue weighted by Crippen LogP contribution is -2.56. The van der Waals surface area contributed by atoms with E-state index >= 15 is 0 Å². The Hall–Kier alpha value is -1.30. The van der Waals surface area contributed by atoms with Crippen LogP contribution in [-0.2, 0) is 4.79 Å². The average Bonchev–Trinajstić information content (AvgIpc) is 2.34. The number of hydrogen-bond acceptors (Lipinski definition) is 3. The molecule has 0 aromatic heterocycles. The number of hydrogen-bond donors (Lipinski definition) is 3. The predicted octanol–water partition coefficient (Wildman–Crippen LogP) is 0.0527. The number of nitrogens with zero attached hydrogens (tertiary/aromatic N) is 1. The number of rotatable bonds is 4. The van der Waals surface area contributed by atoms with E-state index in [1.807, 2.05) is 13.8 Å². The first kappa shape index (κ1) is 14.8. The number of amides is 3. The van der Waals surface area contributed by atoms with Crippen LogP contribution in [0.25, 0.3) is 0 Å². The maximum Gasteiger partial charge on any atom is 0.312 e. The van der Waals surface area contributed by atoms with Crippen LogP contribution in [0.2, 0.25) is 0 Å². The molecule has 18 heavy (non-hydrogen) atoms. The molecule has 0 aromatic carbocycles. The van der Waals surface area contributed by atoms with Gasteiger partial charge in [0.2, 0.25) is 5.91 Å². The fraction of sp³-hybridized carbons (Fsp3) is 0.833. The van der Waals surface area contributed by atoms with Gasteiger partial charge in [0.1, 0.15) is 6.04 Å². The molecule has 1 saturated heterocycles. The van der Waals surface area contributed by atoms with Crippen LogP contribution in [0.3, 0.4) is 0 Å². The highest BCUT2D eigenvalue weighted by Gasteiger charge is 2.33. The van der Waals surface area contributed by atoms with Gasteiger partial charge in [-0.1, -0.05) is 13.8 Å². The van der Waals surface area contributed by atoms with Crippen molar-refractivity contribution < 1.29 is 14.7 Å². The third-order valence-electron chi connectivity index (χ3n) is 3.35. The Kier molecular flexibility index (Phi) is 5.40. The van der Waals surface area contributed by atoms with Crippen LogP contribution < -0.4 is 11.1 Å². The van der Waals surface area contributed by atoms with E-state index in [-0.39, 0.29) is 24.5 Å². The summed E-state index contributed by atoms with van der Waals surface area (Å²) < 4.78 is 0. The van der Waals surface area contributed by atoms with Crippen LogP contribution in [0.15, 0.2) is 0 Å². The third kappa shape index (κ3) is 3.60. The quantitative estimate of drug-likeness (QED) is 0.664. The summed E-state index contributed by atoms with van der Waals surface area (Å²) in [6.07, 6.45) is 2.76. The minimum absolute atomic E-state index is 0.0346. The number of primary amides is 1. The van der Waals surface area contributed by atoms with Crippen molar-refractivity contribution in [2.75, 3.05) is 13.2 Å². The number of carbonyl (C=O) groups excluding carboxylic acids is 2. The minimum Gasteiger partial charge on any atom is -0.394 e. The van der Waals surface area contributed by atoms with Gasteiger partial charge in [-0.15, -0.1) is 0 Å². The van der Waals surface area contributed by atoms with Crippen LogP contribution in [0.5, 0.6) is 0 Å². The Balaban J connectivity index is 2.77. The molecule has 0 radical (unpaired) electrons. The molecule has 1 heterocycles. The van der Waals surface area contributed by atoms with Crippen molar-refractivity contribution in [3.8, 4) is 0 Å². The van der Waals surface area contributed by atoms with Crippen molar-refractivity contribution >= 4 is 11.9 Å². The number of aliphatic hydroxyl groups is 1. The van der Waals surface area contributed by atoms with Gasteiger partial charge in [0, 0.05) is 6.54 Å². The number of nitrogens with two attached hydrogens (primary N) is 1. The van der Waals surface area contributed by atoms with Gasteiger partial charge >= 0.3 is 6.03 Å². The summed E-state index contributed by atoms with van der Waals surface area (Å²) in [4.78, 5) is 25.0. The van der Waals surface area contributed by atoms with E-state index < -0.39 is 12.1 Å². The van der Waals surface area contributed by atoms with Crippen molar-refractivity contribution in [1.82, 2.24) is 10.2 Å². The second kappa shape index (κ2) is 6.58. The molecular formula is C12H23N3O3. The smallest absolute Gasteiger partial charge is 0.312 e. The van der Waals surface area contributed by atoms with Crippen molar-refractivity contribution in [3.63, 3.8) is 0 Å². The van der Waals surface area contributed by atoms with Gasteiger partial charge in [-0.3, -0.25) is 4.79 Å². The van der Waals surface area contributed by atoms with Crippen LogP contribution >= 0.6 is 0 Å². The first-order chi connectivity index (χ1) is 8.47. The molecule has 6 nitrogen and oxygen atoms in total. The predicted molar refractivity (Wildman–Crippen MR) is 67.8 cm³/mol. The molecule has 1 fully saturated rings. The molecule has 4 N–H and O–H groups in total. The first-order valence-electron chi connectivity index (χ1n) is 6.44. The number of carbonyl (C=O) groups is 2. The Labute approximate surface area is 108 Å². The first-order valence-corrected chi connectivity index (χ1v) is 6.44. The molecule has 0 aliphatic carbocycles. The van der Waals surface area contributed by atoms with Crippen LogP contribution in [0, 0.1) is 5.92 Å². The highest BCUT2D eigenvalue weighted by Crippen LogP contribution is 2.19. The third-order valence-corrected chi connectivity index (χ3v) is 3.35. The van der Waals surface area contributed by atoms with Crippen molar-refractivity contribution in [1.29, 1.82) is 0 Å². The summed E-state index contributed by atoms with van der Waals surface area (Å²) in [5.41, 5.74) is 5.10. The zero-order chi connectivity index (χ0) is 13.7. The Morgan fingerprint density at radius 1 is 1.44 bits per heavy atom. The summed E-state index contributed by atoms with van der Waals surface area (Å²) in [5.74, 6) is -0.186. The molecular weight excluding hydrogens is 234 g/mol. The molecule has 1 rings (SSSR count). The lowest BCUT2D eigenvalue weighted by molar-refractivity contribution is -0.139. The highest BCUT2D eigenvalue weighted by molar-refractivity contribution is 5.87. The Bertz CT molecular complexity index is 307. The number of aliphatic hydroxyl groups excluding tert-OH is 1. The second-order valence-electron chi connectivity index (χ2n) is 5.09. The number of piperidine rings is 1. The van der Waals surface area contributed by atoms with Crippen LogP contribution in [0.1, 0.15) is 33.1 Å². The second-order valence-corrected chi connectivity index (χ2v) is 5.09. The van der Waals surface area contributed by atoms with E-state index in [9.17, 15) is 14.7 Å². The molecule has 0 aromatic rings. The zero-order valence-corrected chi connectivity index (χ0v) is 11.1. The molecule has 0 bridgehead atoms. The lowest BCUT2D eigenvalue weighted by Gasteiger charge is -2.37. The topological polar surface area (TPSA) is 95.7 Å². The summed E-state index contributed by atoms with van der Waals surface area (Å²) in [7, 11) is 0. The number of urea groups is 1. The van der Waals surface area contributed by atoms with E-state index in [0.29, 0.717) is 6.54 Å². The summed E-state index contributed by atoms with van der Waals surface area (Å²) in [6.45, 7) is 4.31. The van der Waals surface area contributed by atoms with Crippen molar-refractivity contribution in [2.24, 2.45) is 11.7 Å². The lowest BCUT2D eigenvalue weighted by atomic mass is 9.98. The SMILES string of the molecule is CC(C)C(NC(N)=O)C(=O)N1CCCCC1CO. The van der Waals surface area contributed by atoms with Gasteiger partial charge in [-0.2, -0.15) is 0 Å². The summed E-state index contributed by atoms with van der Waals surface area (Å²) >= 11 is 0. The van der Waals surface area contributed by atoms with Crippen molar-refractivity contribution in [2.45, 2.75) is 45.2 Å². The monoisotopic (exact) mass is 257 g/mol. The van der Waals surface area contributed by atoms with Gasteiger partial charge in [-0.05, 0) is 25.2 Å². The van der Waals surface area contributed by atoms with E-state index in [2.05, 4.69) is 5.32 Å². The minimum atomic E-state index is -0.695. The Morgan fingerprint density at radius 2 is 2.11 bits per heavy atom. The molecule has 2 unspecified atom stereocenters. The molecule has 6 heteroatoms. The van der Waals surface area contributed by atoms with Gasteiger partial charge < -0.3 is 21.1 Å². The number of nitrogens with one attached hydrogen (secondary N) is 1. The highest BCUT2D eigenvalue weighted by atomic mass is 16.3. The standard InChI is InChI=1S/C12H23N3O3/c1-8(2)10(14-12(13)18)11(17)15-6-4-3-5-9(15)7-16/h8-10,16H,3-7H2,1-2H3,(H3,13,14,18). The summed E-state index contributed by atoms with van der Waals surface area (Å²) in [6, 6.07) is -1.45. The molecule has 3 amide bonds. The van der Waals surface area contributed by atoms with Gasteiger partial charge in [0.25, 0.3) is 0 Å². The molecule has 0 saturated carbocycles. The normalized spacial score (nSPS) is 21.8. The van der Waals surface area contributed by atoms with E-state index in [1.165, 1.54) is 0 Å². The van der Waals surface area contributed by atoms with Gasteiger partial charge in [0.15, 0.2) is 0 Å². The van der Waals surface area contributed by atoms with E-state index in [1.54, 1.807) is 4.90 Å². The van der Waals surface area contributed by atoms with Crippen molar-refractivity contribution in [3.05, 3.63) is 0 Å². The molecule has 1 aliphatic rings. The largest absolute Gasteiger partial charge is 0.394 e. The molecule has 0 spiro atoms. The average molecular weight is 257 g/mol. The van der Waals surface area contributed by atoms with Crippen LogP contribution in [-0.4, -0.2) is 47.2 Å². The Morgan fingerprint density at radius 3 is 2.61 bits per heavy atom. The van der Waals surface area contributed by atoms with Gasteiger partial charge in [-0.25, -0.2) is 4.79 Å². The fourth-order valence-corrected chi connectivity index (χ4v) is 2.33. The molecule has 2 atom stereocenters. The maximum atomic E-state index is 12.4. The van der Waals surface area contributed by atoms with Gasteiger partial charge in [0.05, 0.1) is 12.6 Å².